The van der Waals surface area contributed by atoms with Crippen molar-refractivity contribution < 1.29 is 22.4 Å². The maximum atomic E-state index is 11.8. The molecule has 0 aliphatic rings. The summed E-state index contributed by atoms with van der Waals surface area (Å²) < 4.78 is 45.8. The van der Waals surface area contributed by atoms with Crippen LogP contribution in [0.4, 0.5) is 0 Å². The molecule has 0 aliphatic carbocycles. The van der Waals surface area contributed by atoms with Crippen LogP contribution in [-0.4, -0.2) is 26.9 Å². The van der Waals surface area contributed by atoms with E-state index in [0.717, 1.165) is 11.1 Å². The molecule has 0 aromatic heterocycles. The van der Waals surface area contributed by atoms with Crippen LogP contribution in [0.25, 0.3) is 11.1 Å². The van der Waals surface area contributed by atoms with E-state index in [1.54, 1.807) is 30.3 Å². The molecule has 0 atom stereocenters. The molecule has 0 bridgehead atoms. The van der Waals surface area contributed by atoms with Gasteiger partial charge < -0.3 is 14.0 Å². The first-order valence-electron chi connectivity index (χ1n) is 8.04. The predicted octanol–water partition coefficient (Wildman–Crippen LogP) is 3.75. The first-order chi connectivity index (χ1) is 11.7. The number of methoxy groups -OCH3 is 1. The summed E-state index contributed by atoms with van der Waals surface area (Å²) in [4.78, 5) is -0.197. The molecule has 0 unspecified atom stereocenters. The molecule has 0 saturated heterocycles. The summed E-state index contributed by atoms with van der Waals surface area (Å²) in [5, 5.41) is 0. The van der Waals surface area contributed by atoms with E-state index in [1.807, 2.05) is 6.92 Å². The topological polar surface area (TPSA) is 75.7 Å². The van der Waals surface area contributed by atoms with Gasteiger partial charge in [-0.15, -0.1) is 0 Å². The molecule has 0 aliphatic heterocycles. The Morgan fingerprint density at radius 2 is 1.88 bits per heavy atom. The molecule has 25 heavy (non-hydrogen) atoms. The molecule has 0 radical (unpaired) electrons. The summed E-state index contributed by atoms with van der Waals surface area (Å²) in [6, 6.07) is 10.1. The molecule has 2 aromatic carbocycles. The van der Waals surface area contributed by atoms with E-state index in [1.165, 1.54) is 13.2 Å². The van der Waals surface area contributed by atoms with Crippen LogP contribution < -0.4 is 4.74 Å². The van der Waals surface area contributed by atoms with Crippen LogP contribution in [0.2, 0.25) is 0 Å². The minimum atomic E-state index is -4.60. The van der Waals surface area contributed by atoms with Gasteiger partial charge in [0.05, 0.1) is 4.90 Å². The van der Waals surface area contributed by atoms with Gasteiger partial charge in [-0.05, 0) is 54.2 Å². The number of rotatable bonds is 7. The van der Waals surface area contributed by atoms with Crippen LogP contribution in [0.1, 0.15) is 25.0 Å². The van der Waals surface area contributed by atoms with Crippen LogP contribution >= 0.6 is 0 Å². The van der Waals surface area contributed by atoms with Crippen molar-refractivity contribution in [3.8, 4) is 16.9 Å². The first-order valence-corrected chi connectivity index (χ1v) is 9.45. The van der Waals surface area contributed by atoms with Crippen LogP contribution in [0, 0.1) is 12.8 Å². The molecule has 0 amide bonds. The summed E-state index contributed by atoms with van der Waals surface area (Å²) in [6.07, 6.45) is 0.674. The summed E-state index contributed by atoms with van der Waals surface area (Å²) >= 11 is 0. The average molecular weight is 363 g/mol. The van der Waals surface area contributed by atoms with Crippen molar-refractivity contribution in [3.63, 3.8) is 0 Å². The maximum absolute atomic E-state index is 11.8. The van der Waals surface area contributed by atoms with Gasteiger partial charge in [-0.2, -0.15) is 0 Å². The summed E-state index contributed by atoms with van der Waals surface area (Å²) in [5.74, 6) is 0.862. The van der Waals surface area contributed by atoms with Gasteiger partial charge in [0.2, 0.25) is 0 Å². The summed E-state index contributed by atoms with van der Waals surface area (Å²) in [5.41, 5.74) is 2.93. The molecule has 2 rings (SSSR count). The number of aryl methyl sites for hydroxylation is 1. The number of ether oxygens (including phenoxy) is 2. The molecule has 2 aromatic rings. The zero-order valence-corrected chi connectivity index (χ0v) is 15.7. The SMILES string of the molecule is COCOc1cccc(-c2c(S(=O)(=O)[O-])ccc(C)c2CC(C)C)c1. The molecule has 0 N–H and O–H groups in total. The van der Waals surface area contributed by atoms with Gasteiger partial charge in [-0.3, -0.25) is 0 Å². The van der Waals surface area contributed by atoms with Gasteiger partial charge in [0.15, 0.2) is 6.79 Å². The zero-order valence-electron chi connectivity index (χ0n) is 14.9. The van der Waals surface area contributed by atoms with E-state index < -0.39 is 10.1 Å². The molecule has 0 fully saturated rings. The highest BCUT2D eigenvalue weighted by atomic mass is 32.2. The van der Waals surface area contributed by atoms with E-state index >= 15 is 0 Å². The van der Waals surface area contributed by atoms with Crippen molar-refractivity contribution in [3.05, 3.63) is 47.5 Å². The monoisotopic (exact) mass is 363 g/mol. The average Bonchev–Trinajstić information content (AvgIpc) is 2.53. The van der Waals surface area contributed by atoms with Crippen molar-refractivity contribution in [1.29, 1.82) is 0 Å². The van der Waals surface area contributed by atoms with E-state index in [0.29, 0.717) is 29.2 Å². The van der Waals surface area contributed by atoms with Crippen LogP contribution in [0.3, 0.4) is 0 Å². The molecule has 6 heteroatoms. The lowest BCUT2D eigenvalue weighted by Gasteiger charge is -2.21. The molecular weight excluding hydrogens is 340 g/mol. The van der Waals surface area contributed by atoms with Gasteiger partial charge in [-0.25, -0.2) is 8.42 Å². The lowest BCUT2D eigenvalue weighted by Crippen LogP contribution is -2.08. The Labute approximate surface area is 149 Å². The molecule has 0 saturated carbocycles. The predicted molar refractivity (Wildman–Crippen MR) is 95.6 cm³/mol. The zero-order chi connectivity index (χ0) is 18.6. The van der Waals surface area contributed by atoms with Gasteiger partial charge in [-0.1, -0.05) is 32.0 Å². The summed E-state index contributed by atoms with van der Waals surface area (Å²) in [6.45, 7) is 6.12. The summed E-state index contributed by atoms with van der Waals surface area (Å²) in [7, 11) is -3.08. The van der Waals surface area contributed by atoms with Crippen molar-refractivity contribution in [2.45, 2.75) is 32.1 Å². The highest BCUT2D eigenvalue weighted by Crippen LogP contribution is 2.36. The largest absolute Gasteiger partial charge is 0.744 e. The van der Waals surface area contributed by atoms with Crippen molar-refractivity contribution in [2.24, 2.45) is 5.92 Å². The normalized spacial score (nSPS) is 11.8. The van der Waals surface area contributed by atoms with E-state index in [2.05, 4.69) is 13.8 Å². The molecule has 0 heterocycles. The van der Waals surface area contributed by atoms with E-state index in [4.69, 9.17) is 9.47 Å². The van der Waals surface area contributed by atoms with Gasteiger partial charge in [0.25, 0.3) is 0 Å². The minimum Gasteiger partial charge on any atom is -0.744 e. The number of benzene rings is 2. The fourth-order valence-corrected chi connectivity index (χ4v) is 3.52. The van der Waals surface area contributed by atoms with Crippen molar-refractivity contribution in [1.82, 2.24) is 0 Å². The van der Waals surface area contributed by atoms with Crippen LogP contribution in [0.15, 0.2) is 41.3 Å². The highest BCUT2D eigenvalue weighted by molar-refractivity contribution is 7.85. The van der Waals surface area contributed by atoms with E-state index in [9.17, 15) is 13.0 Å². The second kappa shape index (κ2) is 7.99. The molecular formula is C19H23O5S-. The Hall–Kier alpha value is -1.89. The smallest absolute Gasteiger partial charge is 0.188 e. The second-order valence-electron chi connectivity index (χ2n) is 6.36. The standard InChI is InChI=1S/C19H24O5S/c1-13(2)10-17-14(3)8-9-18(25(20,21)22)19(17)15-6-5-7-16(11-15)24-12-23-4/h5-9,11,13H,10,12H2,1-4H3,(H,20,21,22)/p-1. The lowest BCUT2D eigenvalue weighted by atomic mass is 9.90. The first kappa shape index (κ1) is 19.4. The third-order valence-electron chi connectivity index (χ3n) is 3.86. The molecule has 5 nitrogen and oxygen atoms in total. The minimum absolute atomic E-state index is 0.0861. The van der Waals surface area contributed by atoms with Gasteiger partial charge >= 0.3 is 0 Å². The van der Waals surface area contributed by atoms with Gasteiger partial charge in [0.1, 0.15) is 15.9 Å². The quantitative estimate of drug-likeness (QED) is 0.553. The Morgan fingerprint density at radius 1 is 1.16 bits per heavy atom. The number of hydrogen-bond acceptors (Lipinski definition) is 5. The third kappa shape index (κ3) is 4.81. The van der Waals surface area contributed by atoms with E-state index in [-0.39, 0.29) is 11.7 Å². The van der Waals surface area contributed by atoms with Gasteiger partial charge in [0, 0.05) is 12.7 Å². The second-order valence-corrected chi connectivity index (χ2v) is 7.71. The molecule has 136 valence electrons. The Balaban J connectivity index is 2.71. The van der Waals surface area contributed by atoms with Crippen molar-refractivity contribution in [2.75, 3.05) is 13.9 Å². The Kier molecular flexibility index (Phi) is 6.21. The molecule has 0 spiro atoms. The fourth-order valence-electron chi connectivity index (χ4n) is 2.79. The Bertz CT molecular complexity index is 841. The Morgan fingerprint density at radius 3 is 2.48 bits per heavy atom. The van der Waals surface area contributed by atoms with Crippen molar-refractivity contribution >= 4 is 10.1 Å². The third-order valence-corrected chi connectivity index (χ3v) is 4.74. The number of hydrogen-bond donors (Lipinski definition) is 0. The fraction of sp³-hybridized carbons (Fsp3) is 0.368. The van der Waals surface area contributed by atoms with Crippen LogP contribution in [-0.2, 0) is 21.3 Å². The lowest BCUT2D eigenvalue weighted by molar-refractivity contribution is 0.0511. The highest BCUT2D eigenvalue weighted by Gasteiger charge is 2.18. The van der Waals surface area contributed by atoms with Crippen LogP contribution in [0.5, 0.6) is 5.75 Å². The maximum Gasteiger partial charge on any atom is 0.188 e.